The van der Waals surface area contributed by atoms with Gasteiger partial charge in [0.05, 0.1) is 30.4 Å². The van der Waals surface area contributed by atoms with E-state index in [4.69, 9.17) is 4.74 Å². The number of ether oxygens (including phenoxy) is 1. The van der Waals surface area contributed by atoms with Crippen LogP contribution in [0, 0.1) is 6.92 Å². The summed E-state index contributed by atoms with van der Waals surface area (Å²) in [4.78, 5) is 32.5. The number of anilines is 1. The lowest BCUT2D eigenvalue weighted by Gasteiger charge is -2.31. The minimum absolute atomic E-state index is 0.0593. The summed E-state index contributed by atoms with van der Waals surface area (Å²) >= 11 is 1.46. The van der Waals surface area contributed by atoms with Gasteiger partial charge in [0, 0.05) is 30.1 Å². The molecule has 5 rings (SSSR count). The molecular formula is C31H33N3O3S. The first-order valence-corrected chi connectivity index (χ1v) is 13.9. The van der Waals surface area contributed by atoms with Crippen molar-refractivity contribution >= 4 is 35.3 Å². The number of nitrogens with zero attached hydrogens (tertiary/aromatic N) is 2. The van der Waals surface area contributed by atoms with Gasteiger partial charge in [-0.1, -0.05) is 71.9 Å². The van der Waals surface area contributed by atoms with Crippen LogP contribution in [-0.2, 0) is 16.1 Å². The van der Waals surface area contributed by atoms with E-state index >= 15 is 0 Å². The number of aryl methyl sites for hydroxylation is 1. The van der Waals surface area contributed by atoms with Crippen molar-refractivity contribution in [1.29, 1.82) is 0 Å². The monoisotopic (exact) mass is 527 g/mol. The van der Waals surface area contributed by atoms with Crippen LogP contribution in [0.15, 0.2) is 82.6 Å². The van der Waals surface area contributed by atoms with Crippen LogP contribution in [0.5, 0.6) is 0 Å². The van der Waals surface area contributed by atoms with E-state index in [2.05, 4.69) is 16.3 Å². The maximum absolute atomic E-state index is 13.7. The lowest BCUT2D eigenvalue weighted by atomic mass is 10.1. The van der Waals surface area contributed by atoms with Crippen molar-refractivity contribution < 1.29 is 14.3 Å². The molecule has 0 aliphatic carbocycles. The first-order valence-electron chi connectivity index (χ1n) is 13.1. The second-order valence-electron chi connectivity index (χ2n) is 9.65. The maximum atomic E-state index is 13.7. The first-order chi connectivity index (χ1) is 18.6. The fourth-order valence-electron chi connectivity index (χ4n) is 4.73. The Hall–Kier alpha value is -3.39. The normalized spacial score (nSPS) is 16.9. The number of nitrogens with one attached hydrogen (secondary N) is 1. The summed E-state index contributed by atoms with van der Waals surface area (Å²) in [5.74, 6) is -0.177. The molecule has 0 radical (unpaired) electrons. The van der Waals surface area contributed by atoms with Crippen molar-refractivity contribution in [2.75, 3.05) is 44.3 Å². The zero-order valence-corrected chi connectivity index (χ0v) is 22.5. The van der Waals surface area contributed by atoms with Crippen LogP contribution in [-0.4, -0.2) is 56.1 Å². The number of thioether (sulfide) groups is 1. The third-order valence-corrected chi connectivity index (χ3v) is 7.83. The standard InChI is InChI=1S/C31H33N3O3S/c1-23-7-5-10-25(19-23)22-34-27-21-26(30(35)32-13-6-14-33-15-17-37-18-16-33)11-12-28(27)38-29(31(34)36)20-24-8-3-2-4-9-24/h2-5,7-12,19-21H,6,13-18,22H2,1H3,(H,32,35). The van der Waals surface area contributed by atoms with Crippen LogP contribution in [0.4, 0.5) is 5.69 Å². The highest BCUT2D eigenvalue weighted by Gasteiger charge is 2.30. The molecule has 1 N–H and O–H groups in total. The number of benzene rings is 3. The van der Waals surface area contributed by atoms with Crippen LogP contribution >= 0.6 is 11.8 Å². The second kappa shape index (κ2) is 12.4. The summed E-state index contributed by atoms with van der Waals surface area (Å²) < 4.78 is 5.40. The molecule has 38 heavy (non-hydrogen) atoms. The Morgan fingerprint density at radius 1 is 1.03 bits per heavy atom. The quantitative estimate of drug-likeness (QED) is 0.325. The molecule has 196 valence electrons. The molecule has 1 saturated heterocycles. The van der Waals surface area contributed by atoms with Crippen molar-refractivity contribution in [3.05, 3.63) is 100.0 Å². The van der Waals surface area contributed by atoms with Crippen LogP contribution < -0.4 is 10.2 Å². The number of morpholine rings is 1. The van der Waals surface area contributed by atoms with Gasteiger partial charge in [-0.05, 0) is 55.3 Å². The fraction of sp³-hybridized carbons (Fsp3) is 0.290. The predicted molar refractivity (Wildman–Crippen MR) is 153 cm³/mol. The van der Waals surface area contributed by atoms with Crippen molar-refractivity contribution in [3.63, 3.8) is 0 Å². The Balaban J connectivity index is 1.35. The smallest absolute Gasteiger partial charge is 0.265 e. The Labute approximate surface area is 228 Å². The largest absolute Gasteiger partial charge is 0.379 e. The first kappa shape index (κ1) is 26.2. The zero-order chi connectivity index (χ0) is 26.3. The molecule has 2 aliphatic heterocycles. The molecule has 3 aromatic rings. The number of carbonyl (C=O) groups excluding carboxylic acids is 2. The van der Waals surface area contributed by atoms with Gasteiger partial charge in [-0.3, -0.25) is 14.5 Å². The molecule has 0 saturated carbocycles. The summed E-state index contributed by atoms with van der Waals surface area (Å²) in [6, 6.07) is 23.7. The van der Waals surface area contributed by atoms with Crippen molar-refractivity contribution in [3.8, 4) is 0 Å². The Bertz CT molecular complexity index is 1320. The average molecular weight is 528 g/mol. The summed E-state index contributed by atoms with van der Waals surface area (Å²) in [5, 5.41) is 3.05. The van der Waals surface area contributed by atoms with Crippen LogP contribution in [0.1, 0.15) is 33.5 Å². The third kappa shape index (κ3) is 6.54. The van der Waals surface area contributed by atoms with Crippen LogP contribution in [0.3, 0.4) is 0 Å². The molecule has 6 nitrogen and oxygen atoms in total. The average Bonchev–Trinajstić information content (AvgIpc) is 2.94. The molecule has 3 aromatic carbocycles. The molecular weight excluding hydrogens is 494 g/mol. The Morgan fingerprint density at radius 2 is 1.84 bits per heavy atom. The number of hydrogen-bond acceptors (Lipinski definition) is 5. The Kier molecular flexibility index (Phi) is 8.58. The van der Waals surface area contributed by atoms with Gasteiger partial charge in [0.1, 0.15) is 0 Å². The van der Waals surface area contributed by atoms with E-state index in [1.54, 1.807) is 4.90 Å². The summed E-state index contributed by atoms with van der Waals surface area (Å²) in [5.41, 5.74) is 4.51. The molecule has 0 spiro atoms. The van der Waals surface area contributed by atoms with E-state index in [1.807, 2.05) is 79.7 Å². The molecule has 2 amide bonds. The van der Waals surface area contributed by atoms with Gasteiger partial charge >= 0.3 is 0 Å². The fourth-order valence-corrected chi connectivity index (χ4v) is 5.77. The number of rotatable bonds is 8. The van der Waals surface area contributed by atoms with Crippen LogP contribution in [0.2, 0.25) is 0 Å². The summed E-state index contributed by atoms with van der Waals surface area (Å²) in [7, 11) is 0. The highest BCUT2D eigenvalue weighted by Crippen LogP contribution is 2.43. The van der Waals surface area contributed by atoms with E-state index in [9.17, 15) is 9.59 Å². The molecule has 0 bridgehead atoms. The molecule has 0 atom stereocenters. The molecule has 1 fully saturated rings. The lowest BCUT2D eigenvalue weighted by molar-refractivity contribution is -0.114. The molecule has 2 heterocycles. The van der Waals surface area contributed by atoms with Crippen molar-refractivity contribution in [2.45, 2.75) is 24.8 Å². The maximum Gasteiger partial charge on any atom is 0.265 e. The van der Waals surface area contributed by atoms with Gasteiger partial charge in [0.15, 0.2) is 0 Å². The van der Waals surface area contributed by atoms with Gasteiger partial charge in [0.25, 0.3) is 11.8 Å². The molecule has 0 aromatic heterocycles. The SMILES string of the molecule is Cc1cccc(CN2C(=O)C(=Cc3ccccc3)Sc3ccc(C(=O)NCCCN4CCOCC4)cc32)c1. The van der Waals surface area contributed by atoms with Crippen molar-refractivity contribution in [1.82, 2.24) is 10.2 Å². The highest BCUT2D eigenvalue weighted by molar-refractivity contribution is 8.04. The molecule has 7 heteroatoms. The van der Waals surface area contributed by atoms with Crippen LogP contribution in [0.25, 0.3) is 6.08 Å². The van der Waals surface area contributed by atoms with Gasteiger partial charge < -0.3 is 15.0 Å². The number of hydrogen-bond donors (Lipinski definition) is 1. The number of amides is 2. The molecule has 2 aliphatic rings. The summed E-state index contributed by atoms with van der Waals surface area (Å²) in [6.07, 6.45) is 2.83. The number of carbonyl (C=O) groups is 2. The van der Waals surface area contributed by atoms with Gasteiger partial charge in [0.2, 0.25) is 0 Å². The van der Waals surface area contributed by atoms with E-state index in [0.29, 0.717) is 23.6 Å². The number of fused-ring (bicyclic) bond motifs is 1. The third-order valence-electron chi connectivity index (χ3n) is 6.75. The van der Waals surface area contributed by atoms with Gasteiger partial charge in [-0.25, -0.2) is 0 Å². The summed E-state index contributed by atoms with van der Waals surface area (Å²) in [6.45, 7) is 7.49. The van der Waals surface area contributed by atoms with Gasteiger partial charge in [-0.15, -0.1) is 0 Å². The predicted octanol–water partition coefficient (Wildman–Crippen LogP) is 5.13. The second-order valence-corrected chi connectivity index (χ2v) is 10.7. The van der Waals surface area contributed by atoms with Crippen molar-refractivity contribution in [2.24, 2.45) is 0 Å². The van der Waals surface area contributed by atoms with Gasteiger partial charge in [-0.2, -0.15) is 0 Å². The minimum atomic E-state index is -0.117. The van der Waals surface area contributed by atoms with E-state index in [-0.39, 0.29) is 11.8 Å². The Morgan fingerprint density at radius 3 is 2.63 bits per heavy atom. The minimum Gasteiger partial charge on any atom is -0.379 e. The lowest BCUT2D eigenvalue weighted by Crippen LogP contribution is -2.38. The topological polar surface area (TPSA) is 61.9 Å². The molecule has 0 unspecified atom stereocenters. The zero-order valence-electron chi connectivity index (χ0n) is 21.7. The van der Waals surface area contributed by atoms with E-state index in [1.165, 1.54) is 11.8 Å². The van der Waals surface area contributed by atoms with E-state index in [0.717, 1.165) is 66.5 Å². The van der Waals surface area contributed by atoms with E-state index < -0.39 is 0 Å². The highest BCUT2D eigenvalue weighted by atomic mass is 32.2.